The van der Waals surface area contributed by atoms with Gasteiger partial charge in [-0.15, -0.1) is 0 Å². The van der Waals surface area contributed by atoms with Gasteiger partial charge in [0.25, 0.3) is 0 Å². The molecule has 0 radical (unpaired) electrons. The molecule has 1 aromatic carbocycles. The Kier molecular flexibility index (Phi) is 9.96. The van der Waals surface area contributed by atoms with E-state index in [1.807, 2.05) is 0 Å². The minimum Gasteiger partial charge on any atom is -0.289 e. The molecule has 0 spiro atoms. The molecule has 0 aromatic heterocycles. The summed E-state index contributed by atoms with van der Waals surface area (Å²) < 4.78 is 12.8. The van der Waals surface area contributed by atoms with Crippen molar-refractivity contribution in [2.45, 2.75) is 58.3 Å². The zero-order valence-electron chi connectivity index (χ0n) is 14.0. The quantitative estimate of drug-likeness (QED) is 0.244. The Morgan fingerprint density at radius 2 is 1.61 bits per heavy atom. The number of hydrogen-bond donors (Lipinski definition) is 1. The molecule has 0 saturated carbocycles. The molecule has 0 amide bonds. The van der Waals surface area contributed by atoms with Crippen LogP contribution in [0.1, 0.15) is 68.6 Å². The summed E-state index contributed by atoms with van der Waals surface area (Å²) in [5.41, 5.74) is 0.406. The van der Waals surface area contributed by atoms with Gasteiger partial charge in [-0.1, -0.05) is 51.9 Å². The molecule has 0 atom stereocenters. The van der Waals surface area contributed by atoms with Crippen LogP contribution in [0.15, 0.2) is 36.5 Å². The van der Waals surface area contributed by atoms with Crippen molar-refractivity contribution < 1.29 is 14.4 Å². The van der Waals surface area contributed by atoms with Gasteiger partial charge < -0.3 is 0 Å². The number of rotatable bonds is 12. The number of unbranched alkanes of at least 4 members (excludes halogenated alkanes) is 7. The number of ketones is 1. The third-order valence-corrected chi connectivity index (χ3v) is 3.77. The Hall–Kier alpha value is -1.68. The monoisotopic (exact) mass is 321 g/mol. The van der Waals surface area contributed by atoms with Crippen LogP contribution in [0.25, 0.3) is 0 Å². The Labute approximate surface area is 138 Å². The van der Waals surface area contributed by atoms with Crippen LogP contribution in [0, 0.1) is 5.82 Å². The summed E-state index contributed by atoms with van der Waals surface area (Å²) in [7, 11) is 0. The molecule has 0 bridgehead atoms. The van der Waals surface area contributed by atoms with Crippen molar-refractivity contribution in [2.24, 2.45) is 0 Å². The number of hydrogen-bond acceptors (Lipinski definition) is 3. The van der Waals surface area contributed by atoms with E-state index in [1.54, 1.807) is 0 Å². The number of hydroxylamine groups is 2. The molecule has 4 heteroatoms. The smallest absolute Gasteiger partial charge is 0.187 e. The second-order valence-electron chi connectivity index (χ2n) is 5.82. The van der Waals surface area contributed by atoms with E-state index in [0.29, 0.717) is 12.1 Å². The van der Waals surface area contributed by atoms with E-state index in [-0.39, 0.29) is 11.6 Å². The molecule has 0 aliphatic heterocycles. The molecule has 23 heavy (non-hydrogen) atoms. The van der Waals surface area contributed by atoms with Crippen LogP contribution in [0.5, 0.6) is 0 Å². The first-order valence-corrected chi connectivity index (χ1v) is 8.57. The van der Waals surface area contributed by atoms with Crippen LogP contribution in [0.4, 0.5) is 4.39 Å². The molecule has 1 N–H and O–H groups in total. The summed E-state index contributed by atoms with van der Waals surface area (Å²) >= 11 is 0. The molecule has 3 nitrogen and oxygen atoms in total. The van der Waals surface area contributed by atoms with Gasteiger partial charge in [0.2, 0.25) is 0 Å². The van der Waals surface area contributed by atoms with Gasteiger partial charge in [-0.3, -0.25) is 15.1 Å². The average molecular weight is 321 g/mol. The van der Waals surface area contributed by atoms with Crippen molar-refractivity contribution in [3.63, 3.8) is 0 Å². The Bertz CT molecular complexity index is 471. The zero-order valence-corrected chi connectivity index (χ0v) is 14.0. The van der Waals surface area contributed by atoms with Gasteiger partial charge in [-0.05, 0) is 30.7 Å². The van der Waals surface area contributed by atoms with Crippen LogP contribution in [0.3, 0.4) is 0 Å². The number of nitrogens with zero attached hydrogens (tertiary/aromatic N) is 1. The Morgan fingerprint density at radius 3 is 2.22 bits per heavy atom. The molecule has 0 aliphatic rings. The fourth-order valence-corrected chi connectivity index (χ4v) is 2.35. The average Bonchev–Trinajstić information content (AvgIpc) is 2.55. The fraction of sp³-hybridized carbons (Fsp3) is 0.526. The summed E-state index contributed by atoms with van der Waals surface area (Å²) in [4.78, 5) is 11.8. The predicted molar refractivity (Wildman–Crippen MR) is 91.0 cm³/mol. The molecule has 0 aliphatic carbocycles. The van der Waals surface area contributed by atoms with E-state index in [4.69, 9.17) is 0 Å². The molecule has 1 rings (SSSR count). The van der Waals surface area contributed by atoms with Gasteiger partial charge in [0.15, 0.2) is 5.78 Å². The number of allylic oxidation sites excluding steroid dienone is 1. The summed E-state index contributed by atoms with van der Waals surface area (Å²) in [6.07, 6.45) is 12.3. The first-order chi connectivity index (χ1) is 11.1. The largest absolute Gasteiger partial charge is 0.289 e. The SMILES string of the molecule is CCCCCCCCCCN(O)/C=C\C(=O)c1ccc(F)cc1. The number of benzene rings is 1. The van der Waals surface area contributed by atoms with E-state index in [9.17, 15) is 14.4 Å². The first kappa shape index (κ1) is 19.4. The lowest BCUT2D eigenvalue weighted by molar-refractivity contribution is -0.0418. The highest BCUT2D eigenvalue weighted by Gasteiger charge is 2.02. The van der Waals surface area contributed by atoms with Gasteiger partial charge in [-0.2, -0.15) is 0 Å². The van der Waals surface area contributed by atoms with Crippen molar-refractivity contribution in [2.75, 3.05) is 6.54 Å². The third kappa shape index (κ3) is 9.14. The fourth-order valence-electron chi connectivity index (χ4n) is 2.35. The minimum atomic E-state index is -0.371. The second-order valence-corrected chi connectivity index (χ2v) is 5.82. The van der Waals surface area contributed by atoms with E-state index in [1.165, 1.54) is 75.1 Å². The molecule has 0 heterocycles. The van der Waals surface area contributed by atoms with E-state index in [2.05, 4.69) is 6.92 Å². The van der Waals surface area contributed by atoms with Crippen LogP contribution in [-0.2, 0) is 0 Å². The number of halogens is 1. The van der Waals surface area contributed by atoms with Crippen LogP contribution >= 0.6 is 0 Å². The second kappa shape index (κ2) is 11.8. The van der Waals surface area contributed by atoms with E-state index in [0.717, 1.165) is 17.9 Å². The van der Waals surface area contributed by atoms with Crippen molar-refractivity contribution in [1.82, 2.24) is 5.06 Å². The summed E-state index contributed by atoms with van der Waals surface area (Å²) in [5.74, 6) is -0.621. The molecular formula is C19H28FNO2. The highest BCUT2D eigenvalue weighted by molar-refractivity contribution is 6.04. The standard InChI is InChI=1S/C19H28FNO2/c1-2-3-4-5-6-7-8-9-15-21(23)16-14-19(22)17-10-12-18(20)13-11-17/h10-14,16,23H,2-9,15H2,1H3/b16-14-. The molecule has 0 saturated heterocycles. The lowest BCUT2D eigenvalue weighted by atomic mass is 10.1. The third-order valence-electron chi connectivity index (χ3n) is 3.77. The van der Waals surface area contributed by atoms with Crippen LogP contribution in [0.2, 0.25) is 0 Å². The number of carbonyl (C=O) groups excluding carboxylic acids is 1. The van der Waals surface area contributed by atoms with Crippen molar-refractivity contribution >= 4 is 5.78 Å². The maximum absolute atomic E-state index is 12.8. The topological polar surface area (TPSA) is 40.5 Å². The Balaban J connectivity index is 2.14. The Morgan fingerprint density at radius 1 is 1.04 bits per heavy atom. The first-order valence-electron chi connectivity index (χ1n) is 8.57. The molecule has 128 valence electrons. The maximum atomic E-state index is 12.8. The summed E-state index contributed by atoms with van der Waals surface area (Å²) in [6, 6.07) is 5.36. The minimum absolute atomic E-state index is 0.250. The predicted octanol–water partition coefficient (Wildman–Crippen LogP) is 5.35. The zero-order chi connectivity index (χ0) is 16.9. The molecule has 0 fully saturated rings. The highest BCUT2D eigenvalue weighted by atomic mass is 19.1. The lowest BCUT2D eigenvalue weighted by Gasteiger charge is -2.11. The summed E-state index contributed by atoms with van der Waals surface area (Å²) in [6.45, 7) is 2.73. The molecule has 1 aromatic rings. The van der Waals surface area contributed by atoms with Crippen molar-refractivity contribution in [3.8, 4) is 0 Å². The lowest BCUT2D eigenvalue weighted by Crippen LogP contribution is -2.13. The highest BCUT2D eigenvalue weighted by Crippen LogP contribution is 2.09. The molecular weight excluding hydrogens is 293 g/mol. The number of carbonyl (C=O) groups is 1. The van der Waals surface area contributed by atoms with Gasteiger partial charge in [0, 0.05) is 24.4 Å². The van der Waals surface area contributed by atoms with Gasteiger partial charge in [0.05, 0.1) is 0 Å². The molecule has 0 unspecified atom stereocenters. The normalized spacial score (nSPS) is 11.1. The van der Waals surface area contributed by atoms with Gasteiger partial charge in [-0.25, -0.2) is 4.39 Å². The van der Waals surface area contributed by atoms with Crippen molar-refractivity contribution in [1.29, 1.82) is 0 Å². The van der Waals surface area contributed by atoms with Crippen LogP contribution < -0.4 is 0 Å². The van der Waals surface area contributed by atoms with Crippen molar-refractivity contribution in [3.05, 3.63) is 47.9 Å². The van der Waals surface area contributed by atoms with Crippen LogP contribution in [-0.4, -0.2) is 22.6 Å². The van der Waals surface area contributed by atoms with Gasteiger partial charge in [0.1, 0.15) is 5.82 Å². The van der Waals surface area contributed by atoms with Gasteiger partial charge >= 0.3 is 0 Å². The van der Waals surface area contributed by atoms with E-state index < -0.39 is 0 Å². The van der Waals surface area contributed by atoms with E-state index >= 15 is 0 Å². The maximum Gasteiger partial charge on any atom is 0.187 e. The summed E-state index contributed by atoms with van der Waals surface area (Å²) in [5, 5.41) is 10.7.